The predicted molar refractivity (Wildman–Crippen MR) is 47.5 cm³/mol. The predicted octanol–water partition coefficient (Wildman–Crippen LogP) is 2.69. The number of rotatable bonds is 2. The van der Waals surface area contributed by atoms with E-state index in [1.807, 2.05) is 13.0 Å². The first-order valence-electron chi connectivity index (χ1n) is 4.04. The summed E-state index contributed by atoms with van der Waals surface area (Å²) in [5.41, 5.74) is 1.01. The summed E-state index contributed by atoms with van der Waals surface area (Å²) in [6.45, 7) is 11.7. The van der Waals surface area contributed by atoms with Gasteiger partial charge >= 0.3 is 0 Å². The minimum Gasteiger partial charge on any atom is -0.364 e. The van der Waals surface area contributed by atoms with Crippen molar-refractivity contribution < 1.29 is 4.74 Å². The third-order valence-corrected chi connectivity index (χ3v) is 2.30. The smallest absolute Gasteiger partial charge is 0.0841 e. The Morgan fingerprint density at radius 1 is 1.73 bits per heavy atom. The van der Waals surface area contributed by atoms with E-state index in [0.29, 0.717) is 0 Å². The van der Waals surface area contributed by atoms with E-state index in [-0.39, 0.29) is 11.7 Å². The van der Waals surface area contributed by atoms with Gasteiger partial charge in [0.05, 0.1) is 11.7 Å². The third-order valence-electron chi connectivity index (χ3n) is 2.30. The summed E-state index contributed by atoms with van der Waals surface area (Å²) in [5.74, 6) is 0. The Morgan fingerprint density at radius 2 is 2.36 bits per heavy atom. The molecule has 0 aliphatic carbocycles. The number of hydrogen-bond donors (Lipinski definition) is 0. The van der Waals surface area contributed by atoms with Gasteiger partial charge in [-0.1, -0.05) is 18.2 Å². The molecule has 1 heteroatoms. The van der Waals surface area contributed by atoms with Crippen LogP contribution in [0, 0.1) is 0 Å². The average Bonchev–Trinajstić information content (AvgIpc) is 2.33. The Bertz CT molecular complexity index is 183. The summed E-state index contributed by atoms with van der Waals surface area (Å²) in [5, 5.41) is 0. The van der Waals surface area contributed by atoms with Crippen LogP contribution in [-0.2, 0) is 4.74 Å². The van der Waals surface area contributed by atoms with Gasteiger partial charge in [0.2, 0.25) is 0 Å². The van der Waals surface area contributed by atoms with Gasteiger partial charge in [0.15, 0.2) is 0 Å². The second-order valence-corrected chi connectivity index (χ2v) is 3.51. The molecule has 1 fully saturated rings. The zero-order valence-electron chi connectivity index (χ0n) is 7.39. The molecule has 1 rings (SSSR count). The molecule has 0 aromatic rings. The van der Waals surface area contributed by atoms with Crippen molar-refractivity contribution in [1.29, 1.82) is 0 Å². The summed E-state index contributed by atoms with van der Waals surface area (Å²) < 4.78 is 5.74. The van der Waals surface area contributed by atoms with Crippen LogP contribution in [0.3, 0.4) is 0 Å². The zero-order chi connectivity index (χ0) is 8.48. The quantitative estimate of drug-likeness (QED) is 0.553. The molecule has 1 aliphatic rings. The van der Waals surface area contributed by atoms with E-state index in [4.69, 9.17) is 4.74 Å². The molecular weight excluding hydrogens is 136 g/mol. The summed E-state index contributed by atoms with van der Waals surface area (Å²) >= 11 is 0. The molecule has 0 aromatic carbocycles. The lowest BCUT2D eigenvalue weighted by atomic mass is 10.0. The van der Waals surface area contributed by atoms with Gasteiger partial charge in [-0.2, -0.15) is 0 Å². The normalized spacial score (nSPS) is 37.1. The van der Waals surface area contributed by atoms with Crippen molar-refractivity contribution in [2.75, 3.05) is 0 Å². The first-order chi connectivity index (χ1) is 5.07. The Morgan fingerprint density at radius 3 is 2.64 bits per heavy atom. The molecule has 1 nitrogen and oxygen atoms in total. The molecule has 11 heavy (non-hydrogen) atoms. The molecular formula is C10H16O. The van der Waals surface area contributed by atoms with Crippen LogP contribution in [0.15, 0.2) is 24.8 Å². The maximum Gasteiger partial charge on any atom is 0.0841 e. The number of ether oxygens (including phenoxy) is 1. The second kappa shape index (κ2) is 2.82. The monoisotopic (exact) mass is 152 g/mol. The first kappa shape index (κ1) is 8.54. The molecule has 0 unspecified atom stereocenters. The lowest BCUT2D eigenvalue weighted by molar-refractivity contribution is 0.0224. The fraction of sp³-hybridized carbons (Fsp3) is 0.600. The first-order valence-corrected chi connectivity index (χ1v) is 4.04. The van der Waals surface area contributed by atoms with Gasteiger partial charge in [-0.05, 0) is 26.7 Å². The van der Waals surface area contributed by atoms with Crippen LogP contribution in [0.2, 0.25) is 0 Å². The van der Waals surface area contributed by atoms with E-state index in [0.717, 1.165) is 18.4 Å². The van der Waals surface area contributed by atoms with Gasteiger partial charge in [0.25, 0.3) is 0 Å². The van der Waals surface area contributed by atoms with Crippen molar-refractivity contribution in [3.63, 3.8) is 0 Å². The van der Waals surface area contributed by atoms with Crippen molar-refractivity contribution in [3.05, 3.63) is 24.8 Å². The van der Waals surface area contributed by atoms with Crippen molar-refractivity contribution in [3.8, 4) is 0 Å². The average molecular weight is 152 g/mol. The molecule has 0 bridgehead atoms. The topological polar surface area (TPSA) is 9.23 Å². The molecule has 0 N–H and O–H groups in total. The van der Waals surface area contributed by atoms with Crippen molar-refractivity contribution in [1.82, 2.24) is 0 Å². The highest BCUT2D eigenvalue weighted by Crippen LogP contribution is 2.33. The maximum absolute atomic E-state index is 5.74. The van der Waals surface area contributed by atoms with E-state index < -0.39 is 0 Å². The van der Waals surface area contributed by atoms with Crippen LogP contribution in [0.4, 0.5) is 0 Å². The molecule has 0 spiro atoms. The van der Waals surface area contributed by atoms with Gasteiger partial charge in [-0.3, -0.25) is 0 Å². The lowest BCUT2D eigenvalue weighted by Crippen LogP contribution is -2.21. The molecule has 62 valence electrons. The highest BCUT2D eigenvalue weighted by Gasteiger charge is 2.33. The van der Waals surface area contributed by atoms with Gasteiger partial charge in [0, 0.05) is 0 Å². The standard InChI is InChI=1S/C10H16O/c1-5-10(4)7-6-9(11-10)8(2)3/h5,9H,1-2,6-7H2,3-4H3/t9-,10+/m0/s1. The third kappa shape index (κ3) is 1.72. The molecule has 1 heterocycles. The van der Waals surface area contributed by atoms with E-state index in [2.05, 4.69) is 20.1 Å². The summed E-state index contributed by atoms with van der Waals surface area (Å²) in [7, 11) is 0. The molecule has 0 aromatic heterocycles. The zero-order valence-corrected chi connectivity index (χ0v) is 7.39. The Labute approximate surface area is 68.8 Å². The minimum absolute atomic E-state index is 0.108. The summed E-state index contributed by atoms with van der Waals surface area (Å²) in [6, 6.07) is 0. The maximum atomic E-state index is 5.74. The molecule has 1 saturated heterocycles. The molecule has 2 atom stereocenters. The highest BCUT2D eigenvalue weighted by atomic mass is 16.5. The van der Waals surface area contributed by atoms with Gasteiger partial charge in [-0.25, -0.2) is 0 Å². The second-order valence-electron chi connectivity index (χ2n) is 3.51. The van der Waals surface area contributed by atoms with Crippen molar-refractivity contribution in [2.45, 2.75) is 38.4 Å². The van der Waals surface area contributed by atoms with Crippen LogP contribution in [0.25, 0.3) is 0 Å². The Balaban J connectivity index is 2.59. The fourth-order valence-electron chi connectivity index (χ4n) is 1.36. The van der Waals surface area contributed by atoms with E-state index >= 15 is 0 Å². The van der Waals surface area contributed by atoms with E-state index in [1.54, 1.807) is 0 Å². The van der Waals surface area contributed by atoms with Gasteiger partial charge in [0.1, 0.15) is 0 Å². The molecule has 0 amide bonds. The van der Waals surface area contributed by atoms with Crippen LogP contribution in [-0.4, -0.2) is 11.7 Å². The SMILES string of the molecule is C=C[C@]1(C)CC[C@@H](C(=C)C)O1. The summed E-state index contributed by atoms with van der Waals surface area (Å²) in [6.07, 6.45) is 4.28. The molecule has 0 radical (unpaired) electrons. The van der Waals surface area contributed by atoms with Crippen LogP contribution in [0.5, 0.6) is 0 Å². The summed E-state index contributed by atoms with van der Waals surface area (Å²) in [4.78, 5) is 0. The van der Waals surface area contributed by atoms with E-state index in [1.165, 1.54) is 0 Å². The van der Waals surface area contributed by atoms with Gasteiger partial charge in [-0.15, -0.1) is 6.58 Å². The van der Waals surface area contributed by atoms with Crippen molar-refractivity contribution in [2.24, 2.45) is 0 Å². The van der Waals surface area contributed by atoms with Crippen LogP contribution < -0.4 is 0 Å². The fourth-order valence-corrected chi connectivity index (χ4v) is 1.36. The number of hydrogen-bond acceptors (Lipinski definition) is 1. The van der Waals surface area contributed by atoms with Gasteiger partial charge < -0.3 is 4.74 Å². The van der Waals surface area contributed by atoms with Crippen molar-refractivity contribution >= 4 is 0 Å². The molecule has 1 aliphatic heterocycles. The van der Waals surface area contributed by atoms with Crippen LogP contribution >= 0.6 is 0 Å². The highest BCUT2D eigenvalue weighted by molar-refractivity contribution is 5.07. The Hall–Kier alpha value is -0.560. The lowest BCUT2D eigenvalue weighted by Gasteiger charge is -2.20. The largest absolute Gasteiger partial charge is 0.364 e. The Kier molecular flexibility index (Phi) is 2.19. The molecule has 0 saturated carbocycles. The minimum atomic E-state index is -0.108. The van der Waals surface area contributed by atoms with Crippen LogP contribution in [0.1, 0.15) is 26.7 Å². The van der Waals surface area contributed by atoms with E-state index in [9.17, 15) is 0 Å².